The van der Waals surface area contributed by atoms with Gasteiger partial charge in [0.2, 0.25) is 0 Å². The van der Waals surface area contributed by atoms with Crippen LogP contribution in [0.1, 0.15) is 29.0 Å². The average molecular weight is 330 g/mol. The van der Waals surface area contributed by atoms with E-state index in [1.807, 2.05) is 0 Å². The Labute approximate surface area is 129 Å². The average Bonchev–Trinajstić information content (AvgIpc) is 2.91. The first-order chi connectivity index (χ1) is 9.78. The topological polar surface area (TPSA) is 12.0 Å². The minimum absolute atomic E-state index is 0.514. The van der Waals surface area contributed by atoms with Gasteiger partial charge in [0.15, 0.2) is 0 Å². The van der Waals surface area contributed by atoms with Crippen LogP contribution >= 0.6 is 15.9 Å². The van der Waals surface area contributed by atoms with E-state index in [0.29, 0.717) is 12.0 Å². The molecular weight excluding hydrogens is 310 g/mol. The van der Waals surface area contributed by atoms with Crippen LogP contribution in [0.3, 0.4) is 0 Å². The molecule has 0 aliphatic heterocycles. The number of hydrogen-bond donors (Lipinski definition) is 1. The first kappa shape index (κ1) is 13.8. The Balaban J connectivity index is 1.79. The molecule has 0 radical (unpaired) electrons. The highest BCUT2D eigenvalue weighted by Gasteiger charge is 2.28. The van der Waals surface area contributed by atoms with E-state index in [9.17, 15) is 0 Å². The quantitative estimate of drug-likeness (QED) is 0.881. The molecule has 0 spiro atoms. The van der Waals surface area contributed by atoms with E-state index in [2.05, 4.69) is 76.8 Å². The van der Waals surface area contributed by atoms with Crippen molar-refractivity contribution in [1.82, 2.24) is 5.32 Å². The van der Waals surface area contributed by atoms with Gasteiger partial charge in [-0.05, 0) is 55.1 Å². The Bertz CT molecular complexity index is 576. The summed E-state index contributed by atoms with van der Waals surface area (Å²) in [7, 11) is 2.09. The Morgan fingerprint density at radius 2 is 1.90 bits per heavy atom. The Hall–Kier alpha value is -1.12. The molecule has 0 heterocycles. The Morgan fingerprint density at radius 3 is 2.65 bits per heavy atom. The highest BCUT2D eigenvalue weighted by Crippen LogP contribution is 2.36. The molecule has 0 amide bonds. The van der Waals surface area contributed by atoms with Crippen LogP contribution in [-0.4, -0.2) is 13.1 Å². The zero-order valence-corrected chi connectivity index (χ0v) is 13.4. The van der Waals surface area contributed by atoms with E-state index in [0.717, 1.165) is 10.9 Å². The second-order valence-corrected chi connectivity index (χ2v) is 6.49. The Kier molecular flexibility index (Phi) is 4.23. The summed E-state index contributed by atoms with van der Waals surface area (Å²) in [4.78, 5) is 0. The van der Waals surface area contributed by atoms with Gasteiger partial charge >= 0.3 is 0 Å². The summed E-state index contributed by atoms with van der Waals surface area (Å²) in [6.07, 6.45) is 3.57. The molecule has 0 saturated carbocycles. The first-order valence-electron chi connectivity index (χ1n) is 7.27. The van der Waals surface area contributed by atoms with Gasteiger partial charge in [0.1, 0.15) is 0 Å². The lowest BCUT2D eigenvalue weighted by Gasteiger charge is -2.24. The molecule has 0 fully saturated rings. The molecule has 2 aromatic carbocycles. The van der Waals surface area contributed by atoms with Crippen LogP contribution in [-0.2, 0) is 12.8 Å². The third-order valence-corrected chi connectivity index (χ3v) is 4.93. The van der Waals surface area contributed by atoms with Crippen molar-refractivity contribution in [2.45, 2.75) is 31.2 Å². The van der Waals surface area contributed by atoms with E-state index in [-0.39, 0.29) is 0 Å². The molecule has 2 aromatic rings. The zero-order valence-electron chi connectivity index (χ0n) is 11.8. The minimum Gasteiger partial charge on any atom is -0.316 e. The van der Waals surface area contributed by atoms with E-state index < -0.39 is 0 Å². The van der Waals surface area contributed by atoms with Crippen LogP contribution in [0.25, 0.3) is 0 Å². The van der Waals surface area contributed by atoms with Crippen molar-refractivity contribution in [1.29, 1.82) is 0 Å². The van der Waals surface area contributed by atoms with Gasteiger partial charge in [-0.3, -0.25) is 0 Å². The third-order valence-electron chi connectivity index (χ3n) is 4.40. The van der Waals surface area contributed by atoms with Crippen LogP contribution < -0.4 is 5.32 Å². The number of rotatable bonds is 4. The van der Waals surface area contributed by atoms with Gasteiger partial charge in [-0.15, -0.1) is 0 Å². The summed E-state index contributed by atoms with van der Waals surface area (Å²) >= 11 is 3.50. The maximum atomic E-state index is 3.54. The molecule has 2 atom stereocenters. The van der Waals surface area contributed by atoms with Crippen molar-refractivity contribution in [2.24, 2.45) is 0 Å². The highest BCUT2D eigenvalue weighted by atomic mass is 79.9. The van der Waals surface area contributed by atoms with Crippen LogP contribution in [0.5, 0.6) is 0 Å². The zero-order chi connectivity index (χ0) is 13.9. The molecule has 2 unspecified atom stereocenters. The van der Waals surface area contributed by atoms with Crippen molar-refractivity contribution >= 4 is 15.9 Å². The van der Waals surface area contributed by atoms with Gasteiger partial charge in [-0.25, -0.2) is 0 Å². The molecule has 1 aliphatic rings. The van der Waals surface area contributed by atoms with Crippen LogP contribution in [0.2, 0.25) is 0 Å². The molecule has 0 bridgehead atoms. The van der Waals surface area contributed by atoms with Crippen LogP contribution in [0, 0.1) is 0 Å². The normalized spacial score (nSPS) is 18.8. The highest BCUT2D eigenvalue weighted by molar-refractivity contribution is 9.10. The van der Waals surface area contributed by atoms with Crippen LogP contribution in [0.15, 0.2) is 53.0 Å². The van der Waals surface area contributed by atoms with Gasteiger partial charge in [-0.2, -0.15) is 0 Å². The Morgan fingerprint density at radius 1 is 1.15 bits per heavy atom. The van der Waals surface area contributed by atoms with Gasteiger partial charge in [0.05, 0.1) is 0 Å². The van der Waals surface area contributed by atoms with Crippen molar-refractivity contribution in [2.75, 3.05) is 7.05 Å². The summed E-state index contributed by atoms with van der Waals surface area (Å²) in [5, 5.41) is 3.54. The fraction of sp³-hybridized carbons (Fsp3) is 0.333. The van der Waals surface area contributed by atoms with Crippen molar-refractivity contribution in [3.05, 3.63) is 69.7 Å². The first-order valence-corrected chi connectivity index (χ1v) is 8.06. The predicted octanol–water partition coefficient (Wildman–Crippen LogP) is 4.31. The fourth-order valence-electron chi connectivity index (χ4n) is 3.33. The SMILES string of the molecule is CNC(Cc1ccc(Br)cc1)C1CCc2ccccc21. The largest absolute Gasteiger partial charge is 0.316 e. The second kappa shape index (κ2) is 6.11. The van der Waals surface area contributed by atoms with Crippen molar-refractivity contribution < 1.29 is 0 Å². The summed E-state index contributed by atoms with van der Waals surface area (Å²) in [6.45, 7) is 0. The van der Waals surface area contributed by atoms with Gasteiger partial charge in [0, 0.05) is 16.4 Å². The summed E-state index contributed by atoms with van der Waals surface area (Å²) in [5.74, 6) is 0.639. The van der Waals surface area contributed by atoms with Crippen molar-refractivity contribution in [3.8, 4) is 0 Å². The lowest BCUT2D eigenvalue weighted by Crippen LogP contribution is -2.33. The molecule has 1 aliphatic carbocycles. The molecule has 1 nitrogen and oxygen atoms in total. The summed E-state index contributed by atoms with van der Waals surface area (Å²) in [6, 6.07) is 18.1. The number of aryl methyl sites for hydroxylation is 1. The molecule has 1 N–H and O–H groups in total. The molecule has 104 valence electrons. The molecule has 0 saturated heterocycles. The van der Waals surface area contributed by atoms with Gasteiger partial charge in [0.25, 0.3) is 0 Å². The van der Waals surface area contributed by atoms with E-state index in [1.54, 1.807) is 5.56 Å². The lowest BCUT2D eigenvalue weighted by molar-refractivity contribution is 0.456. The number of nitrogens with one attached hydrogen (secondary N) is 1. The van der Waals surface area contributed by atoms with Gasteiger partial charge in [-0.1, -0.05) is 52.3 Å². The molecular formula is C18H20BrN. The number of likely N-dealkylation sites (N-methyl/N-ethyl adjacent to an activating group) is 1. The molecule has 20 heavy (non-hydrogen) atoms. The summed E-state index contributed by atoms with van der Waals surface area (Å²) < 4.78 is 1.15. The smallest absolute Gasteiger partial charge is 0.0175 e. The van der Waals surface area contributed by atoms with Gasteiger partial charge < -0.3 is 5.32 Å². The number of hydrogen-bond acceptors (Lipinski definition) is 1. The molecule has 3 rings (SSSR count). The fourth-order valence-corrected chi connectivity index (χ4v) is 3.59. The number of halogens is 1. The molecule has 2 heteroatoms. The van der Waals surface area contributed by atoms with Crippen LogP contribution in [0.4, 0.5) is 0 Å². The van der Waals surface area contributed by atoms with E-state index in [4.69, 9.17) is 0 Å². The number of fused-ring (bicyclic) bond motifs is 1. The predicted molar refractivity (Wildman–Crippen MR) is 88.2 cm³/mol. The van der Waals surface area contributed by atoms with E-state index >= 15 is 0 Å². The van der Waals surface area contributed by atoms with E-state index in [1.165, 1.54) is 24.0 Å². The lowest BCUT2D eigenvalue weighted by atomic mass is 9.89. The maximum Gasteiger partial charge on any atom is 0.0175 e. The maximum absolute atomic E-state index is 3.54. The number of benzene rings is 2. The molecule has 0 aromatic heterocycles. The second-order valence-electron chi connectivity index (χ2n) is 5.57. The standard InChI is InChI=1S/C18H20BrN/c1-20-18(12-13-6-9-15(19)10-7-13)17-11-8-14-4-2-3-5-16(14)17/h2-7,9-10,17-18,20H,8,11-12H2,1H3. The summed E-state index contributed by atoms with van der Waals surface area (Å²) in [5.41, 5.74) is 4.48. The monoisotopic (exact) mass is 329 g/mol. The van der Waals surface area contributed by atoms with Crippen molar-refractivity contribution in [3.63, 3.8) is 0 Å². The third kappa shape index (κ3) is 2.82. The minimum atomic E-state index is 0.514.